The summed E-state index contributed by atoms with van der Waals surface area (Å²) in [6, 6.07) is 4.32. The third-order valence-corrected chi connectivity index (χ3v) is 2.99. The lowest BCUT2D eigenvalue weighted by atomic mass is 10.2. The minimum atomic E-state index is -4.50. The first kappa shape index (κ1) is 14.4. The molecule has 106 valence electrons. The number of carboxylic acid groups (broad SMARTS) is 1. The van der Waals surface area contributed by atoms with Gasteiger partial charge in [0.05, 0.1) is 16.9 Å². The fraction of sp³-hybridized carbons (Fsp3) is 0.167. The van der Waals surface area contributed by atoms with Crippen molar-refractivity contribution in [3.63, 3.8) is 0 Å². The van der Waals surface area contributed by atoms with Crippen LogP contribution in [0.2, 0.25) is 5.15 Å². The average Bonchev–Trinajstić information content (AvgIpc) is 2.64. The first-order chi connectivity index (χ1) is 9.21. The second kappa shape index (κ2) is 4.82. The second-order valence-corrected chi connectivity index (χ2v) is 4.37. The van der Waals surface area contributed by atoms with Crippen LogP contribution in [0.5, 0.6) is 0 Å². The quantitative estimate of drug-likeness (QED) is 0.923. The number of carbonyl (C=O) groups is 1. The smallest absolute Gasteiger partial charge is 0.416 e. The van der Waals surface area contributed by atoms with Crippen LogP contribution in [0.1, 0.15) is 21.6 Å². The van der Waals surface area contributed by atoms with Crippen LogP contribution in [-0.2, 0) is 6.18 Å². The molecule has 0 fully saturated rings. The van der Waals surface area contributed by atoms with Gasteiger partial charge in [-0.3, -0.25) is 0 Å². The van der Waals surface area contributed by atoms with Gasteiger partial charge in [0.2, 0.25) is 0 Å². The van der Waals surface area contributed by atoms with Crippen LogP contribution < -0.4 is 0 Å². The van der Waals surface area contributed by atoms with E-state index in [1.807, 2.05) is 0 Å². The molecule has 2 rings (SSSR count). The Morgan fingerprint density at radius 2 is 2.05 bits per heavy atom. The summed E-state index contributed by atoms with van der Waals surface area (Å²) in [6.07, 6.45) is -4.50. The van der Waals surface area contributed by atoms with E-state index >= 15 is 0 Å². The van der Waals surface area contributed by atoms with E-state index in [9.17, 15) is 18.0 Å². The van der Waals surface area contributed by atoms with Crippen molar-refractivity contribution in [2.75, 3.05) is 0 Å². The van der Waals surface area contributed by atoms with Crippen molar-refractivity contribution in [3.05, 3.63) is 46.2 Å². The van der Waals surface area contributed by atoms with E-state index in [0.717, 1.165) is 16.8 Å². The highest BCUT2D eigenvalue weighted by molar-refractivity contribution is 6.32. The Morgan fingerprint density at radius 1 is 1.40 bits per heavy atom. The molecule has 1 N–H and O–H groups in total. The average molecular weight is 305 g/mol. The van der Waals surface area contributed by atoms with Crippen LogP contribution in [0.4, 0.5) is 13.2 Å². The summed E-state index contributed by atoms with van der Waals surface area (Å²) in [5.74, 6) is -1.29. The molecule has 2 aromatic rings. The zero-order valence-corrected chi connectivity index (χ0v) is 10.8. The zero-order valence-electron chi connectivity index (χ0n) is 10.1. The predicted octanol–water partition coefficient (Wildman–Crippen LogP) is 3.55. The van der Waals surface area contributed by atoms with Crippen molar-refractivity contribution in [1.82, 2.24) is 9.78 Å². The minimum absolute atomic E-state index is 0.0421. The molecule has 8 heteroatoms. The Bertz CT molecular complexity index is 680. The normalized spacial score (nSPS) is 11.7. The SMILES string of the molecule is Cc1nn(-c2cccc(C(F)(F)F)c2)c(Cl)c1C(=O)O. The van der Waals surface area contributed by atoms with Gasteiger partial charge in [-0.1, -0.05) is 17.7 Å². The fourth-order valence-corrected chi connectivity index (χ4v) is 2.08. The van der Waals surface area contributed by atoms with Crippen molar-refractivity contribution in [2.24, 2.45) is 0 Å². The number of nitrogens with zero attached hydrogens (tertiary/aromatic N) is 2. The van der Waals surface area contributed by atoms with Gasteiger partial charge in [0, 0.05) is 0 Å². The number of alkyl halides is 3. The number of benzene rings is 1. The van der Waals surface area contributed by atoms with Crippen molar-refractivity contribution in [3.8, 4) is 5.69 Å². The van der Waals surface area contributed by atoms with Crippen molar-refractivity contribution in [2.45, 2.75) is 13.1 Å². The molecule has 0 radical (unpaired) electrons. The first-order valence-electron chi connectivity index (χ1n) is 5.38. The van der Waals surface area contributed by atoms with Gasteiger partial charge in [-0.25, -0.2) is 9.48 Å². The predicted molar refractivity (Wildman–Crippen MR) is 65.3 cm³/mol. The molecule has 0 saturated heterocycles. The Morgan fingerprint density at radius 3 is 2.55 bits per heavy atom. The number of hydrogen-bond acceptors (Lipinski definition) is 2. The lowest BCUT2D eigenvalue weighted by Gasteiger charge is -2.09. The van der Waals surface area contributed by atoms with Gasteiger partial charge in [0.25, 0.3) is 0 Å². The summed E-state index contributed by atoms with van der Waals surface area (Å²) in [7, 11) is 0. The molecule has 0 atom stereocenters. The number of hydrogen-bond donors (Lipinski definition) is 1. The topological polar surface area (TPSA) is 55.1 Å². The highest BCUT2D eigenvalue weighted by Gasteiger charge is 2.31. The number of aryl methyl sites for hydroxylation is 1. The van der Waals surface area contributed by atoms with Gasteiger partial charge in [-0.05, 0) is 25.1 Å². The van der Waals surface area contributed by atoms with E-state index in [4.69, 9.17) is 16.7 Å². The van der Waals surface area contributed by atoms with Gasteiger partial charge >= 0.3 is 12.1 Å². The minimum Gasteiger partial charge on any atom is -0.478 e. The Hall–Kier alpha value is -2.02. The van der Waals surface area contributed by atoms with Crippen LogP contribution in [0.25, 0.3) is 5.69 Å². The molecule has 0 aliphatic carbocycles. The monoisotopic (exact) mass is 304 g/mol. The molecule has 1 aromatic carbocycles. The Labute approximate surface area is 116 Å². The Balaban J connectivity index is 2.58. The number of halogens is 4. The molecule has 4 nitrogen and oxygen atoms in total. The maximum atomic E-state index is 12.6. The van der Waals surface area contributed by atoms with Crippen molar-refractivity contribution < 1.29 is 23.1 Å². The summed E-state index contributed by atoms with van der Waals surface area (Å²) < 4.78 is 38.9. The van der Waals surface area contributed by atoms with Gasteiger partial charge in [-0.2, -0.15) is 18.3 Å². The molecule has 0 unspecified atom stereocenters. The van der Waals surface area contributed by atoms with Crippen LogP contribution in [0, 0.1) is 6.92 Å². The molecule has 0 bridgehead atoms. The fourth-order valence-electron chi connectivity index (χ4n) is 1.73. The van der Waals surface area contributed by atoms with E-state index in [-0.39, 0.29) is 22.1 Å². The molecule has 0 aliphatic rings. The maximum Gasteiger partial charge on any atom is 0.416 e. The Kier molecular flexibility index (Phi) is 3.47. The van der Waals surface area contributed by atoms with E-state index in [1.54, 1.807) is 0 Å². The first-order valence-corrected chi connectivity index (χ1v) is 5.75. The lowest BCUT2D eigenvalue weighted by Crippen LogP contribution is -2.06. The molecule has 1 heterocycles. The summed E-state index contributed by atoms with van der Waals surface area (Å²) in [5.41, 5.74) is -0.930. The van der Waals surface area contributed by atoms with Gasteiger partial charge in [0.1, 0.15) is 10.7 Å². The summed E-state index contributed by atoms with van der Waals surface area (Å²) in [5, 5.41) is 12.6. The second-order valence-electron chi connectivity index (χ2n) is 4.02. The third kappa shape index (κ3) is 2.49. The molecule has 0 aliphatic heterocycles. The number of aromatic nitrogens is 2. The van der Waals surface area contributed by atoms with Crippen molar-refractivity contribution in [1.29, 1.82) is 0 Å². The molecule has 1 aromatic heterocycles. The lowest BCUT2D eigenvalue weighted by molar-refractivity contribution is -0.137. The highest BCUT2D eigenvalue weighted by atomic mass is 35.5. The van der Waals surface area contributed by atoms with E-state index in [0.29, 0.717) is 0 Å². The van der Waals surface area contributed by atoms with Crippen LogP contribution in [0.15, 0.2) is 24.3 Å². The standard InChI is InChI=1S/C12H8ClF3N2O2/c1-6-9(11(19)20)10(13)18(17-6)8-4-2-3-7(5-8)12(14,15)16/h2-5H,1H3,(H,19,20). The molecule has 0 spiro atoms. The molecular formula is C12H8ClF3N2O2. The van der Waals surface area contributed by atoms with Gasteiger partial charge < -0.3 is 5.11 Å². The molecule has 0 amide bonds. The maximum absolute atomic E-state index is 12.6. The molecule has 20 heavy (non-hydrogen) atoms. The molecule has 0 saturated carbocycles. The van der Waals surface area contributed by atoms with Crippen LogP contribution in [0.3, 0.4) is 0 Å². The highest BCUT2D eigenvalue weighted by Crippen LogP contribution is 2.31. The molecular weight excluding hydrogens is 297 g/mol. The van der Waals surface area contributed by atoms with Gasteiger partial charge in [0.15, 0.2) is 0 Å². The van der Waals surface area contributed by atoms with E-state index in [2.05, 4.69) is 5.10 Å². The zero-order chi connectivity index (χ0) is 15.1. The third-order valence-electron chi connectivity index (χ3n) is 2.64. The van der Waals surface area contributed by atoms with E-state index in [1.165, 1.54) is 19.1 Å². The van der Waals surface area contributed by atoms with Crippen molar-refractivity contribution >= 4 is 17.6 Å². The largest absolute Gasteiger partial charge is 0.478 e. The van der Waals surface area contributed by atoms with Gasteiger partial charge in [-0.15, -0.1) is 0 Å². The summed E-state index contributed by atoms with van der Waals surface area (Å²) in [4.78, 5) is 11.0. The van der Waals surface area contributed by atoms with Crippen LogP contribution >= 0.6 is 11.6 Å². The summed E-state index contributed by atoms with van der Waals surface area (Å²) in [6.45, 7) is 1.42. The number of carboxylic acids is 1. The van der Waals surface area contributed by atoms with E-state index < -0.39 is 17.7 Å². The number of aromatic carboxylic acids is 1. The van der Waals surface area contributed by atoms with Crippen LogP contribution in [-0.4, -0.2) is 20.9 Å². The number of rotatable bonds is 2. The summed E-state index contributed by atoms with van der Waals surface area (Å²) >= 11 is 5.86.